The van der Waals surface area contributed by atoms with E-state index >= 15 is 0 Å². The van der Waals surface area contributed by atoms with Crippen molar-refractivity contribution < 1.29 is 0 Å². The van der Waals surface area contributed by atoms with Gasteiger partial charge in [0.15, 0.2) is 0 Å². The first-order valence-electron chi connectivity index (χ1n) is 6.09. The summed E-state index contributed by atoms with van der Waals surface area (Å²) in [4.78, 5) is 0. The second kappa shape index (κ2) is 6.70. The van der Waals surface area contributed by atoms with Crippen LogP contribution in [0, 0.1) is 0 Å². The maximum absolute atomic E-state index is 3.93. The Morgan fingerprint density at radius 2 is 1.24 bits per heavy atom. The molecule has 2 aromatic rings. The average Bonchev–Trinajstić information content (AvgIpc) is 2.42. The molecular weight excluding hydrogens is 204 g/mol. The van der Waals surface area contributed by atoms with E-state index in [-0.39, 0.29) is 0 Å². The van der Waals surface area contributed by atoms with Crippen molar-refractivity contribution in [1.29, 1.82) is 0 Å². The van der Waals surface area contributed by atoms with Gasteiger partial charge in [0.25, 0.3) is 0 Å². The molecule has 0 saturated carbocycles. The molecule has 0 atom stereocenters. The predicted octanol–water partition coefficient (Wildman–Crippen LogP) is 5.41. The van der Waals surface area contributed by atoms with Crippen LogP contribution in [0.5, 0.6) is 0 Å². The molecule has 0 amide bonds. The Labute approximate surface area is 105 Å². The molecule has 2 aromatic carbocycles. The highest BCUT2D eigenvalue weighted by atomic mass is 14.0. The molecule has 88 valence electrons. The Hall–Kier alpha value is -1.82. The van der Waals surface area contributed by atoms with Crippen LogP contribution in [0.3, 0.4) is 0 Å². The maximum atomic E-state index is 3.93. The van der Waals surface area contributed by atoms with E-state index in [0.29, 0.717) is 0 Å². The highest BCUT2D eigenvalue weighted by Gasteiger charge is 1.96. The average molecular weight is 224 g/mol. The fraction of sp³-hybridized carbons (Fsp3) is 0.176. The van der Waals surface area contributed by atoms with Gasteiger partial charge in [-0.15, -0.1) is 0 Å². The molecule has 0 spiro atoms. The van der Waals surface area contributed by atoms with Gasteiger partial charge in [-0.2, -0.15) is 0 Å². The molecule has 0 bridgehead atoms. The van der Waals surface area contributed by atoms with Crippen molar-refractivity contribution in [2.75, 3.05) is 0 Å². The lowest BCUT2D eigenvalue weighted by Gasteiger charge is -2.03. The molecule has 0 unspecified atom stereocenters. The van der Waals surface area contributed by atoms with E-state index in [2.05, 4.69) is 55.1 Å². The Morgan fingerprint density at radius 1 is 0.765 bits per heavy atom. The first-order valence-corrected chi connectivity index (χ1v) is 6.09. The molecule has 0 radical (unpaired) electrons. The zero-order valence-electron chi connectivity index (χ0n) is 10.9. The summed E-state index contributed by atoms with van der Waals surface area (Å²) in [7, 11) is 0. The molecule has 0 saturated heterocycles. The van der Waals surface area contributed by atoms with Crippen LogP contribution >= 0.6 is 0 Å². The van der Waals surface area contributed by atoms with Gasteiger partial charge >= 0.3 is 0 Å². The predicted molar refractivity (Wildman–Crippen MR) is 77.9 cm³/mol. The minimum absolute atomic E-state index is 1.11. The number of hydrogen-bond acceptors (Lipinski definition) is 0. The van der Waals surface area contributed by atoms with Gasteiger partial charge in [0.1, 0.15) is 0 Å². The number of rotatable bonds is 2. The third-order valence-electron chi connectivity index (χ3n) is 2.48. The molecule has 0 heterocycles. The van der Waals surface area contributed by atoms with Crippen LogP contribution in [0.25, 0.3) is 16.7 Å². The van der Waals surface area contributed by atoms with Crippen molar-refractivity contribution in [1.82, 2.24) is 0 Å². The lowest BCUT2D eigenvalue weighted by Crippen LogP contribution is -1.80. The maximum Gasteiger partial charge on any atom is -0.0184 e. The second-order valence-electron chi connectivity index (χ2n) is 3.72. The fourth-order valence-electron chi connectivity index (χ4n) is 1.58. The van der Waals surface area contributed by atoms with E-state index in [1.165, 1.54) is 16.7 Å². The normalized spacial score (nSPS) is 9.12. The molecule has 0 heteroatoms. The minimum atomic E-state index is 1.11. The van der Waals surface area contributed by atoms with Gasteiger partial charge in [-0.05, 0) is 23.6 Å². The lowest BCUT2D eigenvalue weighted by atomic mass is 10.0. The third kappa shape index (κ3) is 3.60. The minimum Gasteiger partial charge on any atom is -0.0955 e. The highest BCUT2D eigenvalue weighted by molar-refractivity contribution is 5.68. The highest BCUT2D eigenvalue weighted by Crippen LogP contribution is 2.21. The molecule has 2 rings (SSSR count). The number of hydrogen-bond donors (Lipinski definition) is 0. The topological polar surface area (TPSA) is 0 Å². The van der Waals surface area contributed by atoms with Gasteiger partial charge in [-0.25, -0.2) is 0 Å². The molecule has 0 aromatic heterocycles. The van der Waals surface area contributed by atoms with Gasteiger partial charge in [-0.3, -0.25) is 0 Å². The van der Waals surface area contributed by atoms with Crippen LogP contribution in [0.15, 0.2) is 61.2 Å². The Kier molecular flexibility index (Phi) is 5.22. The van der Waals surface area contributed by atoms with E-state index in [0.717, 1.165) is 5.57 Å². The van der Waals surface area contributed by atoms with Gasteiger partial charge < -0.3 is 0 Å². The first kappa shape index (κ1) is 13.2. The smallest absolute Gasteiger partial charge is 0.0184 e. The standard InChI is InChI=1S/C15H14.C2H6/c1-12(2)13-8-10-15(11-9-13)14-6-4-3-5-7-14;1-2/h3-11H,1H2,2H3;1-2H3. The van der Waals surface area contributed by atoms with Crippen LogP contribution < -0.4 is 0 Å². The molecular formula is C17H20. The Bertz CT molecular complexity index is 449. The molecule has 0 aliphatic heterocycles. The summed E-state index contributed by atoms with van der Waals surface area (Å²) in [6, 6.07) is 18.9. The van der Waals surface area contributed by atoms with Gasteiger partial charge in [0.05, 0.1) is 0 Å². The van der Waals surface area contributed by atoms with Crippen molar-refractivity contribution in [3.63, 3.8) is 0 Å². The quantitative estimate of drug-likeness (QED) is 0.639. The molecule has 0 aliphatic carbocycles. The molecule has 0 nitrogen and oxygen atoms in total. The van der Waals surface area contributed by atoms with Crippen molar-refractivity contribution in [2.24, 2.45) is 0 Å². The summed E-state index contributed by atoms with van der Waals surface area (Å²) < 4.78 is 0. The van der Waals surface area contributed by atoms with Gasteiger partial charge in [0, 0.05) is 0 Å². The Morgan fingerprint density at radius 3 is 1.71 bits per heavy atom. The van der Waals surface area contributed by atoms with E-state index in [4.69, 9.17) is 0 Å². The van der Waals surface area contributed by atoms with Crippen LogP contribution in [0.2, 0.25) is 0 Å². The van der Waals surface area contributed by atoms with Crippen molar-refractivity contribution in [3.05, 3.63) is 66.7 Å². The molecule has 17 heavy (non-hydrogen) atoms. The summed E-state index contributed by atoms with van der Waals surface area (Å²) in [5.74, 6) is 0. The van der Waals surface area contributed by atoms with Crippen molar-refractivity contribution in [2.45, 2.75) is 20.8 Å². The van der Waals surface area contributed by atoms with Crippen LogP contribution in [0.1, 0.15) is 26.3 Å². The monoisotopic (exact) mass is 224 g/mol. The van der Waals surface area contributed by atoms with E-state index in [1.807, 2.05) is 26.8 Å². The molecule has 0 aliphatic rings. The van der Waals surface area contributed by atoms with Crippen LogP contribution in [-0.2, 0) is 0 Å². The van der Waals surface area contributed by atoms with Crippen LogP contribution in [0.4, 0.5) is 0 Å². The van der Waals surface area contributed by atoms with Crippen molar-refractivity contribution >= 4 is 5.57 Å². The summed E-state index contributed by atoms with van der Waals surface area (Å²) in [5, 5.41) is 0. The summed E-state index contributed by atoms with van der Waals surface area (Å²) in [5.41, 5.74) is 4.82. The number of benzene rings is 2. The zero-order chi connectivity index (χ0) is 12.7. The summed E-state index contributed by atoms with van der Waals surface area (Å²) in [6.45, 7) is 9.95. The van der Waals surface area contributed by atoms with Crippen LogP contribution in [-0.4, -0.2) is 0 Å². The first-order chi connectivity index (χ1) is 8.27. The third-order valence-corrected chi connectivity index (χ3v) is 2.48. The SMILES string of the molecule is C=C(C)c1ccc(-c2ccccc2)cc1.CC. The van der Waals surface area contributed by atoms with E-state index in [9.17, 15) is 0 Å². The van der Waals surface area contributed by atoms with Crippen molar-refractivity contribution in [3.8, 4) is 11.1 Å². The fourth-order valence-corrected chi connectivity index (χ4v) is 1.58. The second-order valence-corrected chi connectivity index (χ2v) is 3.72. The lowest BCUT2D eigenvalue weighted by molar-refractivity contribution is 1.50. The zero-order valence-corrected chi connectivity index (χ0v) is 10.9. The van der Waals surface area contributed by atoms with Gasteiger partial charge in [-0.1, -0.05) is 80.6 Å². The largest absolute Gasteiger partial charge is 0.0955 e. The summed E-state index contributed by atoms with van der Waals surface area (Å²) >= 11 is 0. The number of allylic oxidation sites excluding steroid dienone is 1. The van der Waals surface area contributed by atoms with E-state index < -0.39 is 0 Å². The van der Waals surface area contributed by atoms with E-state index in [1.54, 1.807) is 0 Å². The summed E-state index contributed by atoms with van der Waals surface area (Å²) in [6.07, 6.45) is 0. The Balaban J connectivity index is 0.000000686. The van der Waals surface area contributed by atoms with Gasteiger partial charge in [0.2, 0.25) is 0 Å². The molecule has 0 N–H and O–H groups in total. The molecule has 0 fully saturated rings.